The third-order valence-corrected chi connectivity index (χ3v) is 13.3. The first kappa shape index (κ1) is 36.7. The first-order valence-corrected chi connectivity index (χ1v) is 21.7. The summed E-state index contributed by atoms with van der Waals surface area (Å²) in [5.41, 5.74) is 13.9. The topological polar surface area (TPSA) is 44.7 Å². The Kier molecular flexibility index (Phi) is 9.28. The molecule has 0 fully saturated rings. The minimum absolute atomic E-state index is 0.0281. The molecule has 0 bridgehead atoms. The molecule has 0 unspecified atom stereocenters. The second kappa shape index (κ2) is 14.9. The quantitative estimate of drug-likeness (QED) is 0.149. The molecule has 2 aromatic heterocycles. The van der Waals surface area contributed by atoms with Gasteiger partial charge in [0.15, 0.2) is 0 Å². The van der Waals surface area contributed by atoms with Crippen LogP contribution in [0.1, 0.15) is 31.9 Å². The molecule has 0 saturated heterocycles. The van der Waals surface area contributed by atoms with Gasteiger partial charge in [0, 0.05) is 0 Å². The number of para-hydroxylation sites is 1. The molecule has 6 nitrogen and oxygen atoms in total. The van der Waals surface area contributed by atoms with Gasteiger partial charge in [-0.2, -0.15) is 0 Å². The molecule has 0 radical (unpaired) electrons. The summed E-state index contributed by atoms with van der Waals surface area (Å²) < 4.78 is 9.08. The van der Waals surface area contributed by atoms with Crippen molar-refractivity contribution < 1.29 is 4.74 Å². The fourth-order valence-electron chi connectivity index (χ4n) is 8.21. The minimum atomic E-state index is -0.0281. The van der Waals surface area contributed by atoms with E-state index in [9.17, 15) is 0 Å². The van der Waals surface area contributed by atoms with Crippen molar-refractivity contribution in [3.05, 3.63) is 187 Å². The van der Waals surface area contributed by atoms with Crippen molar-refractivity contribution in [3.8, 4) is 33.8 Å². The standard InChI is InChI=1S/C52H43N5OSe/c1-35-29-50(54-33-42(35)37-17-9-6-10-18-37)57-46-23-14-28-53-51(46)59-49-27-25-41(32-48(49)57)58-40-20-13-19-39(31-40)55-34-56(44-22-12-11-21-43(44)52(2,3)4)47-30-38(24-26-45(47)55)36-15-7-5-8-16-36/h5-33H,34H2,1-4H3. The van der Waals surface area contributed by atoms with E-state index < -0.39 is 0 Å². The Balaban J connectivity index is 0.998. The van der Waals surface area contributed by atoms with Gasteiger partial charge in [-0.05, 0) is 28.2 Å². The maximum absolute atomic E-state index is 6.76. The second-order valence-corrected chi connectivity index (χ2v) is 18.2. The van der Waals surface area contributed by atoms with Gasteiger partial charge in [-0.3, -0.25) is 0 Å². The van der Waals surface area contributed by atoms with E-state index >= 15 is 0 Å². The van der Waals surface area contributed by atoms with Crippen LogP contribution in [0.15, 0.2) is 176 Å². The molecule has 0 N–H and O–H groups in total. The van der Waals surface area contributed by atoms with Crippen LogP contribution >= 0.6 is 0 Å². The van der Waals surface area contributed by atoms with Gasteiger partial charge in [0.2, 0.25) is 0 Å². The maximum atomic E-state index is 6.76. The van der Waals surface area contributed by atoms with Gasteiger partial charge in [0.05, 0.1) is 0 Å². The number of fused-ring (bicyclic) bond motifs is 3. The summed E-state index contributed by atoms with van der Waals surface area (Å²) in [6.45, 7) is 9.69. The van der Waals surface area contributed by atoms with E-state index in [4.69, 9.17) is 14.7 Å². The molecule has 0 saturated carbocycles. The molecule has 8 aromatic rings. The summed E-state index contributed by atoms with van der Waals surface area (Å²) in [7, 11) is 0. The zero-order valence-corrected chi connectivity index (χ0v) is 35.2. The van der Waals surface area contributed by atoms with Gasteiger partial charge in [-0.15, -0.1) is 0 Å². The second-order valence-electron chi connectivity index (χ2n) is 16.1. The van der Waals surface area contributed by atoms with Crippen LogP contribution in [-0.4, -0.2) is 31.6 Å². The Bertz CT molecular complexity index is 2840. The molecular formula is C52H43N5OSe. The van der Waals surface area contributed by atoms with Crippen molar-refractivity contribution in [2.24, 2.45) is 0 Å². The number of rotatable bonds is 7. The van der Waals surface area contributed by atoms with Crippen molar-refractivity contribution in [1.82, 2.24) is 9.97 Å². The van der Waals surface area contributed by atoms with Crippen LogP contribution in [0, 0.1) is 6.92 Å². The van der Waals surface area contributed by atoms with Crippen LogP contribution in [0.25, 0.3) is 22.3 Å². The predicted octanol–water partition coefficient (Wildman–Crippen LogP) is 11.9. The predicted molar refractivity (Wildman–Crippen MR) is 245 cm³/mol. The molecular weight excluding hydrogens is 790 g/mol. The molecule has 4 heterocycles. The normalized spacial score (nSPS) is 13.2. The molecule has 0 aliphatic carbocycles. The third kappa shape index (κ3) is 6.93. The number of ether oxygens (including phenoxy) is 1. The van der Waals surface area contributed by atoms with Gasteiger partial charge in [0.25, 0.3) is 0 Å². The Labute approximate surface area is 352 Å². The van der Waals surface area contributed by atoms with E-state index in [1.165, 1.54) is 32.5 Å². The van der Waals surface area contributed by atoms with Gasteiger partial charge in [-0.25, -0.2) is 0 Å². The number of aryl methyl sites for hydroxylation is 1. The summed E-state index contributed by atoms with van der Waals surface area (Å²) in [6.07, 6.45) is 3.87. The third-order valence-electron chi connectivity index (χ3n) is 11.1. The van der Waals surface area contributed by atoms with E-state index in [2.05, 4.69) is 188 Å². The Morgan fingerprint density at radius 1 is 0.559 bits per heavy atom. The van der Waals surface area contributed by atoms with Crippen LogP contribution in [0.2, 0.25) is 0 Å². The molecule has 0 atom stereocenters. The molecule has 0 spiro atoms. The molecule has 0 amide bonds. The van der Waals surface area contributed by atoms with Gasteiger partial charge in [-0.1, -0.05) is 69.3 Å². The van der Waals surface area contributed by atoms with E-state index in [0.717, 1.165) is 61.3 Å². The van der Waals surface area contributed by atoms with Crippen molar-refractivity contribution in [2.45, 2.75) is 33.1 Å². The molecule has 2 aliphatic heterocycles. The average Bonchev–Trinajstić information content (AvgIpc) is 3.65. The van der Waals surface area contributed by atoms with E-state index in [-0.39, 0.29) is 20.4 Å². The van der Waals surface area contributed by atoms with Crippen molar-refractivity contribution in [2.75, 3.05) is 21.4 Å². The number of nitrogens with zero attached hydrogens (tertiary/aromatic N) is 5. The summed E-state index contributed by atoms with van der Waals surface area (Å²) in [5, 5.41) is 0. The van der Waals surface area contributed by atoms with E-state index in [1.54, 1.807) is 0 Å². The first-order chi connectivity index (χ1) is 28.8. The Morgan fingerprint density at radius 3 is 2.10 bits per heavy atom. The average molecular weight is 833 g/mol. The van der Waals surface area contributed by atoms with Gasteiger partial charge < -0.3 is 0 Å². The Morgan fingerprint density at radius 2 is 1.31 bits per heavy atom. The number of anilines is 7. The molecule has 288 valence electrons. The molecule has 7 heteroatoms. The van der Waals surface area contributed by atoms with Crippen molar-refractivity contribution in [3.63, 3.8) is 0 Å². The van der Waals surface area contributed by atoms with E-state index in [1.807, 2.05) is 30.6 Å². The van der Waals surface area contributed by atoms with Crippen molar-refractivity contribution >= 4 is 64.0 Å². The van der Waals surface area contributed by atoms with Crippen LogP contribution in [-0.2, 0) is 5.41 Å². The zero-order valence-electron chi connectivity index (χ0n) is 33.5. The van der Waals surface area contributed by atoms with Crippen LogP contribution in [0.5, 0.6) is 11.5 Å². The number of hydrogen-bond donors (Lipinski definition) is 0. The van der Waals surface area contributed by atoms with E-state index in [0.29, 0.717) is 6.67 Å². The monoisotopic (exact) mass is 833 g/mol. The molecule has 2 aliphatic rings. The van der Waals surface area contributed by atoms with Crippen molar-refractivity contribution in [1.29, 1.82) is 0 Å². The zero-order chi connectivity index (χ0) is 40.1. The number of aromatic nitrogens is 2. The first-order valence-electron chi connectivity index (χ1n) is 20.0. The summed E-state index contributed by atoms with van der Waals surface area (Å²) in [4.78, 5) is 17.0. The summed E-state index contributed by atoms with van der Waals surface area (Å²) in [5.74, 6) is 2.39. The van der Waals surface area contributed by atoms with Crippen LogP contribution in [0.3, 0.4) is 0 Å². The van der Waals surface area contributed by atoms with Crippen LogP contribution < -0.4 is 28.5 Å². The number of benzene rings is 6. The number of pyridine rings is 2. The summed E-state index contributed by atoms with van der Waals surface area (Å²) >= 11 is 0.0287. The fourth-order valence-corrected chi connectivity index (χ4v) is 10.3. The Hall–Kier alpha value is -6.66. The molecule has 59 heavy (non-hydrogen) atoms. The fraction of sp³-hybridized carbons (Fsp3) is 0.115. The van der Waals surface area contributed by atoms with Gasteiger partial charge in [0.1, 0.15) is 0 Å². The SMILES string of the molecule is Cc1cc(N2c3cc(Oc4cccc(N5CN(c6ccccc6C(C)(C)C)c6cc(-c7ccccc7)ccc65)c4)ccc3[Se]c3ncccc32)ncc1-c1ccccc1. The number of hydrogen-bond acceptors (Lipinski definition) is 6. The summed E-state index contributed by atoms with van der Waals surface area (Å²) in [6, 6.07) is 57.9. The molecule has 10 rings (SSSR count). The van der Waals surface area contributed by atoms with Gasteiger partial charge >= 0.3 is 257 Å². The van der Waals surface area contributed by atoms with Crippen LogP contribution in [0.4, 0.5) is 39.9 Å². The molecule has 6 aromatic carbocycles.